The number of nitrogens with zero attached hydrogens (tertiary/aromatic N) is 6. The van der Waals surface area contributed by atoms with Crippen LogP contribution in [0.15, 0.2) is 30.5 Å². The minimum Gasteiger partial charge on any atom is -0.444 e. The van der Waals surface area contributed by atoms with E-state index in [9.17, 15) is 9.59 Å². The number of halogens is 2. The lowest BCUT2D eigenvalue weighted by molar-refractivity contribution is -0.223. The number of piperidine rings is 1. The van der Waals surface area contributed by atoms with Gasteiger partial charge in [0.25, 0.3) is 11.8 Å². The molecule has 1 saturated carbocycles. The van der Waals surface area contributed by atoms with Crippen molar-refractivity contribution >= 4 is 34.8 Å². The van der Waals surface area contributed by atoms with E-state index >= 15 is 8.78 Å². The normalized spacial score (nSPS) is 23.1. The number of nitrogens with one attached hydrogen (secondary N) is 2. The molecule has 3 aliphatic heterocycles. The maximum Gasteiger partial charge on any atom is 0.410 e. The van der Waals surface area contributed by atoms with E-state index in [2.05, 4.69) is 37.6 Å². The van der Waals surface area contributed by atoms with Crippen LogP contribution in [0.3, 0.4) is 0 Å². The molecule has 258 valence electrons. The highest BCUT2D eigenvalue weighted by molar-refractivity contribution is 5.94. The van der Waals surface area contributed by atoms with Crippen LogP contribution in [0.25, 0.3) is 5.65 Å². The number of imidazole rings is 1. The van der Waals surface area contributed by atoms with Crippen LogP contribution in [0.2, 0.25) is 0 Å². The maximum absolute atomic E-state index is 15.5. The van der Waals surface area contributed by atoms with E-state index < -0.39 is 29.6 Å². The molecule has 3 aromatic rings. The van der Waals surface area contributed by atoms with Crippen molar-refractivity contribution in [3.05, 3.63) is 47.3 Å². The summed E-state index contributed by atoms with van der Waals surface area (Å²) in [6.07, 6.45) is 3.66. The lowest BCUT2D eigenvalue weighted by atomic mass is 9.69. The molecule has 7 rings (SSSR count). The van der Waals surface area contributed by atoms with Crippen LogP contribution in [-0.2, 0) is 22.4 Å². The second-order valence-electron chi connectivity index (χ2n) is 14.6. The van der Waals surface area contributed by atoms with Gasteiger partial charge in [-0.3, -0.25) is 9.69 Å². The van der Waals surface area contributed by atoms with Gasteiger partial charge in [0, 0.05) is 58.6 Å². The van der Waals surface area contributed by atoms with Gasteiger partial charge < -0.3 is 29.9 Å². The Morgan fingerprint density at radius 2 is 1.92 bits per heavy atom. The Hall–Kier alpha value is -4.04. The number of carbonyl (C=O) groups is 2. The van der Waals surface area contributed by atoms with Crippen molar-refractivity contribution in [2.45, 2.75) is 76.7 Å². The number of aromatic nitrogens is 3. The Labute approximate surface area is 278 Å². The molecule has 1 aromatic carbocycles. The first-order valence-corrected chi connectivity index (χ1v) is 16.7. The topological polar surface area (TPSA) is 117 Å². The number of anilines is 3. The summed E-state index contributed by atoms with van der Waals surface area (Å²) in [5.74, 6) is -2.58. The van der Waals surface area contributed by atoms with Crippen molar-refractivity contribution < 1.29 is 27.8 Å². The Kier molecular flexibility index (Phi) is 8.01. The third kappa shape index (κ3) is 5.62. The molecule has 2 atom stereocenters. The summed E-state index contributed by atoms with van der Waals surface area (Å²) < 4.78 is 43.5. The Balaban J connectivity index is 1.06. The van der Waals surface area contributed by atoms with Crippen LogP contribution >= 0.6 is 0 Å². The van der Waals surface area contributed by atoms with Gasteiger partial charge in [-0.2, -0.15) is 0 Å². The van der Waals surface area contributed by atoms with Gasteiger partial charge in [0.1, 0.15) is 5.60 Å². The fraction of sp³-hybridized carbons (Fsp3) is 0.588. The molecule has 2 aromatic heterocycles. The molecule has 0 unspecified atom stereocenters. The van der Waals surface area contributed by atoms with Gasteiger partial charge in [0.2, 0.25) is 0 Å². The Bertz CT molecular complexity index is 1730. The molecule has 14 heteroatoms. The number of fused-ring (bicyclic) bond motifs is 2. The largest absolute Gasteiger partial charge is 0.444 e. The first kappa shape index (κ1) is 32.5. The van der Waals surface area contributed by atoms with Gasteiger partial charge in [0.05, 0.1) is 36.0 Å². The quantitative estimate of drug-likeness (QED) is 0.378. The molecule has 2 N–H and O–H groups in total. The first-order valence-electron chi connectivity index (χ1n) is 16.7. The van der Waals surface area contributed by atoms with Crippen molar-refractivity contribution in [2.24, 2.45) is 5.41 Å². The summed E-state index contributed by atoms with van der Waals surface area (Å²) in [7, 11) is 3.47. The minimum atomic E-state index is -3.00. The van der Waals surface area contributed by atoms with Crippen LogP contribution < -0.4 is 15.5 Å². The Morgan fingerprint density at radius 1 is 1.12 bits per heavy atom. The summed E-state index contributed by atoms with van der Waals surface area (Å²) >= 11 is 0. The zero-order valence-electron chi connectivity index (χ0n) is 28.2. The number of ether oxygens (including phenoxy) is 2. The minimum absolute atomic E-state index is 0.00953. The van der Waals surface area contributed by atoms with Gasteiger partial charge in [-0.15, -0.1) is 5.10 Å². The maximum atomic E-state index is 15.5. The standard InChI is InChI=1S/C34H44F2N8O4/c1-32(2,3)48-31(46)42-14-12-33(34(35,36)20-42)18-41(19-33)17-21-7-6-8-25-22(21)11-13-43(25)28-15-24(37-4)29-38-16-26(44(29)40-28)30(45)39-23-9-10-27(23)47-5/h6-8,15-16,23,27,37H,9-14,17-20H2,1-5H3,(H,39,45)/t23-,27-/m1/s1. The SMILES string of the molecule is CNc1cc(N2CCc3c(CN4CC5(CCN(C(=O)OC(C)(C)C)CC5(F)F)C4)cccc32)nn2c(C(=O)N[C@@H]3CC[C@H]3OC)cnc12. The van der Waals surface area contributed by atoms with Crippen LogP contribution in [0.4, 0.5) is 30.8 Å². The second kappa shape index (κ2) is 11.8. The molecule has 2 saturated heterocycles. The lowest BCUT2D eigenvalue weighted by Crippen LogP contribution is -2.70. The monoisotopic (exact) mass is 666 g/mol. The highest BCUT2D eigenvalue weighted by atomic mass is 19.3. The second-order valence-corrected chi connectivity index (χ2v) is 14.6. The molecule has 48 heavy (non-hydrogen) atoms. The molecule has 1 spiro atoms. The van der Waals surface area contributed by atoms with Crippen LogP contribution in [0.1, 0.15) is 61.6 Å². The van der Waals surface area contributed by atoms with Crippen LogP contribution in [0.5, 0.6) is 0 Å². The van der Waals surface area contributed by atoms with E-state index in [4.69, 9.17) is 14.6 Å². The summed E-state index contributed by atoms with van der Waals surface area (Å²) in [6, 6.07) is 8.01. The molecule has 12 nitrogen and oxygen atoms in total. The molecule has 3 fully saturated rings. The van der Waals surface area contributed by atoms with Crippen molar-refractivity contribution in [1.29, 1.82) is 0 Å². The molecule has 2 amide bonds. The predicted molar refractivity (Wildman–Crippen MR) is 176 cm³/mol. The van der Waals surface area contributed by atoms with Gasteiger partial charge in [-0.25, -0.2) is 23.1 Å². The van der Waals surface area contributed by atoms with E-state index in [0.29, 0.717) is 30.2 Å². The molecular formula is C34H44F2N8O4. The number of hydrogen-bond donors (Lipinski definition) is 2. The van der Waals surface area contributed by atoms with Crippen molar-refractivity contribution in [3.8, 4) is 0 Å². The molecule has 0 bridgehead atoms. The number of methoxy groups -OCH3 is 1. The molecule has 4 aliphatic rings. The van der Waals surface area contributed by atoms with Crippen LogP contribution in [-0.4, -0.2) is 107 Å². The summed E-state index contributed by atoms with van der Waals surface area (Å²) in [5.41, 5.74) is 3.04. The third-order valence-electron chi connectivity index (χ3n) is 10.3. The van der Waals surface area contributed by atoms with E-state index in [-0.39, 0.29) is 44.1 Å². The molecule has 0 radical (unpaired) electrons. The number of hydrogen-bond acceptors (Lipinski definition) is 9. The van der Waals surface area contributed by atoms with Crippen molar-refractivity contribution in [1.82, 2.24) is 29.7 Å². The number of amides is 2. The molecule has 1 aliphatic carbocycles. The smallest absolute Gasteiger partial charge is 0.410 e. The first-order chi connectivity index (χ1) is 22.8. The number of benzene rings is 1. The number of alkyl halides is 2. The van der Waals surface area contributed by atoms with Crippen molar-refractivity contribution in [2.75, 3.05) is 57.1 Å². The van der Waals surface area contributed by atoms with Crippen molar-refractivity contribution in [3.63, 3.8) is 0 Å². The zero-order valence-corrected chi connectivity index (χ0v) is 28.2. The third-order valence-corrected chi connectivity index (χ3v) is 10.3. The van der Waals surface area contributed by atoms with E-state index in [0.717, 1.165) is 46.7 Å². The summed E-state index contributed by atoms with van der Waals surface area (Å²) in [6.45, 7) is 6.64. The van der Waals surface area contributed by atoms with Gasteiger partial charge >= 0.3 is 6.09 Å². The van der Waals surface area contributed by atoms with Gasteiger partial charge in [0.15, 0.2) is 17.2 Å². The average Bonchev–Trinajstić information content (AvgIpc) is 3.63. The lowest BCUT2D eigenvalue weighted by Gasteiger charge is -2.57. The summed E-state index contributed by atoms with van der Waals surface area (Å²) in [5, 5.41) is 11.1. The fourth-order valence-electron chi connectivity index (χ4n) is 7.53. The molecule has 5 heterocycles. The summed E-state index contributed by atoms with van der Waals surface area (Å²) in [4.78, 5) is 35.6. The van der Waals surface area contributed by atoms with E-state index in [1.165, 1.54) is 0 Å². The van der Waals surface area contributed by atoms with E-state index in [1.807, 2.05) is 19.2 Å². The Morgan fingerprint density at radius 3 is 2.58 bits per heavy atom. The molecular weight excluding hydrogens is 622 g/mol. The zero-order chi connectivity index (χ0) is 34.0. The van der Waals surface area contributed by atoms with Gasteiger partial charge in [-0.05, 0) is 63.6 Å². The predicted octanol–water partition coefficient (Wildman–Crippen LogP) is 4.45. The van der Waals surface area contributed by atoms with Crippen LogP contribution in [0, 0.1) is 5.41 Å². The highest BCUT2D eigenvalue weighted by Gasteiger charge is 2.63. The van der Waals surface area contributed by atoms with E-state index in [1.54, 1.807) is 38.6 Å². The van der Waals surface area contributed by atoms with Gasteiger partial charge in [-0.1, -0.05) is 12.1 Å². The average molecular weight is 667 g/mol. The number of rotatable bonds is 7. The number of likely N-dealkylation sites (tertiary alicyclic amines) is 2. The number of carbonyl (C=O) groups excluding carboxylic acids is 2. The highest BCUT2D eigenvalue weighted by Crippen LogP contribution is 2.51. The fourth-order valence-corrected chi connectivity index (χ4v) is 7.53.